The monoisotopic (exact) mass is 488 g/mol. The van der Waals surface area contributed by atoms with Gasteiger partial charge in [0.2, 0.25) is 0 Å². The van der Waals surface area contributed by atoms with Gasteiger partial charge in [-0.3, -0.25) is 4.98 Å². The molecule has 1 unspecified atom stereocenters. The second-order valence-electron chi connectivity index (χ2n) is 7.37. The Labute approximate surface area is 198 Å². The number of aromatic nitrogens is 1. The molecule has 1 heterocycles. The first-order valence-corrected chi connectivity index (χ1v) is 12.3. The van der Waals surface area contributed by atoms with Gasteiger partial charge >= 0.3 is 6.09 Å². The van der Waals surface area contributed by atoms with Crippen LogP contribution in [0.2, 0.25) is 5.02 Å². The standard InChI is InChI=1S/C24H25ClN2O5S/c1-2-32-24(29)27(33(30,31)23-11-7-21(25)8-12-23)15-13-19(20-4-3-14-26-17-20)16-18-5-9-22(28)10-6-18/h3-12,14,17,19,28H,2,13,15-16H2,1H3. The Balaban J connectivity index is 1.88. The van der Waals surface area contributed by atoms with Crippen LogP contribution in [-0.2, 0) is 21.2 Å². The highest BCUT2D eigenvalue weighted by atomic mass is 35.5. The van der Waals surface area contributed by atoms with Crippen molar-refractivity contribution in [3.05, 3.63) is 89.2 Å². The lowest BCUT2D eigenvalue weighted by atomic mass is 9.90. The third-order valence-electron chi connectivity index (χ3n) is 5.13. The molecular weight excluding hydrogens is 464 g/mol. The number of phenols is 1. The normalized spacial score (nSPS) is 12.2. The topological polar surface area (TPSA) is 96.8 Å². The molecule has 33 heavy (non-hydrogen) atoms. The molecule has 2 aromatic carbocycles. The number of benzene rings is 2. The average Bonchev–Trinajstić information content (AvgIpc) is 2.80. The Kier molecular flexibility index (Phi) is 8.30. The minimum Gasteiger partial charge on any atom is -0.508 e. The van der Waals surface area contributed by atoms with Gasteiger partial charge in [0.15, 0.2) is 0 Å². The van der Waals surface area contributed by atoms with Crippen LogP contribution >= 0.6 is 11.6 Å². The van der Waals surface area contributed by atoms with Gasteiger partial charge in [-0.2, -0.15) is 0 Å². The molecule has 3 rings (SSSR count). The van der Waals surface area contributed by atoms with Crippen molar-refractivity contribution in [1.82, 2.24) is 9.29 Å². The molecule has 0 fully saturated rings. The molecule has 3 aromatic rings. The van der Waals surface area contributed by atoms with Crippen molar-refractivity contribution in [1.29, 1.82) is 0 Å². The maximum atomic E-state index is 13.2. The summed E-state index contributed by atoms with van der Waals surface area (Å²) in [7, 11) is -4.14. The minimum atomic E-state index is -4.14. The van der Waals surface area contributed by atoms with Crippen LogP contribution < -0.4 is 0 Å². The van der Waals surface area contributed by atoms with E-state index < -0.39 is 16.1 Å². The van der Waals surface area contributed by atoms with E-state index in [1.54, 1.807) is 31.5 Å². The second-order valence-corrected chi connectivity index (χ2v) is 9.67. The molecule has 0 bridgehead atoms. The highest BCUT2D eigenvalue weighted by Gasteiger charge is 2.31. The van der Waals surface area contributed by atoms with Gasteiger partial charge in [0.05, 0.1) is 11.5 Å². The Bertz CT molecular complexity index is 1150. The Morgan fingerprint density at radius 3 is 2.42 bits per heavy atom. The van der Waals surface area contributed by atoms with E-state index in [1.165, 1.54) is 24.3 Å². The molecule has 7 nitrogen and oxygen atoms in total. The van der Waals surface area contributed by atoms with E-state index >= 15 is 0 Å². The first kappa shape index (κ1) is 24.5. The number of carbonyl (C=O) groups is 1. The molecule has 0 radical (unpaired) electrons. The van der Waals surface area contributed by atoms with Crippen LogP contribution in [0.5, 0.6) is 5.75 Å². The number of sulfonamides is 1. The van der Waals surface area contributed by atoms with Gasteiger partial charge < -0.3 is 9.84 Å². The SMILES string of the molecule is CCOC(=O)N(CCC(Cc1ccc(O)cc1)c1cccnc1)S(=O)(=O)c1ccc(Cl)cc1. The van der Waals surface area contributed by atoms with Gasteiger partial charge in [0.1, 0.15) is 5.75 Å². The summed E-state index contributed by atoms with van der Waals surface area (Å²) in [4.78, 5) is 16.8. The Hall–Kier alpha value is -3.10. The van der Waals surface area contributed by atoms with Crippen molar-refractivity contribution in [2.75, 3.05) is 13.2 Å². The molecule has 1 aromatic heterocycles. The Morgan fingerprint density at radius 1 is 1.12 bits per heavy atom. The zero-order valence-corrected chi connectivity index (χ0v) is 19.7. The highest BCUT2D eigenvalue weighted by molar-refractivity contribution is 7.89. The number of phenolic OH excluding ortho intramolecular Hbond substituents is 1. The van der Waals surface area contributed by atoms with E-state index in [0.717, 1.165) is 15.4 Å². The van der Waals surface area contributed by atoms with Crippen LogP contribution in [0.15, 0.2) is 78.0 Å². The largest absolute Gasteiger partial charge is 0.508 e. The molecule has 0 aliphatic rings. The maximum absolute atomic E-state index is 13.2. The number of carbonyl (C=O) groups excluding carboxylic acids is 1. The van der Waals surface area contributed by atoms with Crippen molar-refractivity contribution in [2.24, 2.45) is 0 Å². The number of halogens is 1. The lowest BCUT2D eigenvalue weighted by molar-refractivity contribution is 0.130. The first-order chi connectivity index (χ1) is 15.8. The fourth-order valence-corrected chi connectivity index (χ4v) is 4.89. The van der Waals surface area contributed by atoms with E-state index in [0.29, 0.717) is 17.9 Å². The highest BCUT2D eigenvalue weighted by Crippen LogP contribution is 2.27. The summed E-state index contributed by atoms with van der Waals surface area (Å²) in [6, 6.07) is 16.2. The molecule has 0 aliphatic carbocycles. The van der Waals surface area contributed by atoms with Gasteiger partial charge in [0.25, 0.3) is 10.0 Å². The predicted octanol–water partition coefficient (Wildman–Crippen LogP) is 5.00. The van der Waals surface area contributed by atoms with Crippen molar-refractivity contribution in [3.63, 3.8) is 0 Å². The van der Waals surface area contributed by atoms with Gasteiger partial charge in [-0.1, -0.05) is 29.8 Å². The minimum absolute atomic E-state index is 0.0450. The fourth-order valence-electron chi connectivity index (χ4n) is 3.43. The number of amides is 1. The second kappa shape index (κ2) is 11.2. The van der Waals surface area contributed by atoms with Crippen molar-refractivity contribution in [3.8, 4) is 5.75 Å². The quantitative estimate of drug-likeness (QED) is 0.455. The van der Waals surface area contributed by atoms with Crippen molar-refractivity contribution < 1.29 is 23.1 Å². The number of nitrogens with zero attached hydrogens (tertiary/aromatic N) is 2. The number of ether oxygens (including phenoxy) is 1. The summed E-state index contributed by atoms with van der Waals surface area (Å²) in [5.74, 6) is 0.0415. The smallest absolute Gasteiger partial charge is 0.423 e. The first-order valence-electron chi connectivity index (χ1n) is 10.4. The summed E-state index contributed by atoms with van der Waals surface area (Å²) in [6.07, 6.45) is 3.38. The van der Waals surface area contributed by atoms with E-state index in [1.807, 2.05) is 24.3 Å². The van der Waals surface area contributed by atoms with Crippen molar-refractivity contribution >= 4 is 27.7 Å². The average molecular weight is 489 g/mol. The van der Waals surface area contributed by atoms with Gasteiger partial charge in [-0.05, 0) is 79.3 Å². The van der Waals surface area contributed by atoms with Gasteiger partial charge in [0, 0.05) is 24.0 Å². The summed E-state index contributed by atoms with van der Waals surface area (Å²) < 4.78 is 32.3. The fraction of sp³-hybridized carbons (Fsp3) is 0.250. The summed E-state index contributed by atoms with van der Waals surface area (Å²) >= 11 is 5.89. The molecule has 1 atom stereocenters. The summed E-state index contributed by atoms with van der Waals surface area (Å²) in [5, 5.41) is 9.96. The lowest BCUT2D eigenvalue weighted by Gasteiger charge is -2.25. The molecule has 1 amide bonds. The number of hydrogen-bond donors (Lipinski definition) is 1. The van der Waals surface area contributed by atoms with E-state index in [2.05, 4.69) is 4.98 Å². The zero-order valence-electron chi connectivity index (χ0n) is 18.1. The van der Waals surface area contributed by atoms with Gasteiger partial charge in [-0.25, -0.2) is 17.5 Å². The van der Waals surface area contributed by atoms with Crippen molar-refractivity contribution in [2.45, 2.75) is 30.6 Å². The molecular formula is C24H25ClN2O5S. The predicted molar refractivity (Wildman–Crippen MR) is 126 cm³/mol. The molecule has 0 spiro atoms. The van der Waals surface area contributed by atoms with Crippen LogP contribution in [-0.4, -0.2) is 42.1 Å². The van der Waals surface area contributed by atoms with E-state index in [9.17, 15) is 18.3 Å². The number of rotatable bonds is 9. The third-order valence-corrected chi connectivity index (χ3v) is 7.16. The molecule has 0 saturated carbocycles. The van der Waals surface area contributed by atoms with Crippen LogP contribution in [0.1, 0.15) is 30.4 Å². The molecule has 0 aliphatic heterocycles. The Morgan fingerprint density at radius 2 is 1.82 bits per heavy atom. The van der Waals surface area contributed by atoms with Crippen LogP contribution in [0.4, 0.5) is 4.79 Å². The summed E-state index contributed by atoms with van der Waals surface area (Å²) in [5.41, 5.74) is 1.88. The molecule has 9 heteroatoms. The van der Waals surface area contributed by atoms with Crippen LogP contribution in [0, 0.1) is 0 Å². The lowest BCUT2D eigenvalue weighted by Crippen LogP contribution is -2.38. The molecule has 174 valence electrons. The number of hydrogen-bond acceptors (Lipinski definition) is 6. The van der Waals surface area contributed by atoms with Crippen LogP contribution in [0.25, 0.3) is 0 Å². The van der Waals surface area contributed by atoms with E-state index in [-0.39, 0.29) is 29.7 Å². The zero-order chi connectivity index (χ0) is 23.8. The van der Waals surface area contributed by atoms with Crippen LogP contribution in [0.3, 0.4) is 0 Å². The van der Waals surface area contributed by atoms with Gasteiger partial charge in [-0.15, -0.1) is 0 Å². The summed E-state index contributed by atoms with van der Waals surface area (Å²) in [6.45, 7) is 1.58. The van der Waals surface area contributed by atoms with E-state index in [4.69, 9.17) is 16.3 Å². The maximum Gasteiger partial charge on any atom is 0.423 e. The molecule has 1 N–H and O–H groups in total. The third kappa shape index (κ3) is 6.46. The number of pyridine rings is 1. The molecule has 0 saturated heterocycles. The number of aromatic hydroxyl groups is 1.